The number of hydrogen-bond acceptors (Lipinski definition) is 3. The Morgan fingerprint density at radius 3 is 2.44 bits per heavy atom. The molecule has 0 spiro atoms. The first-order chi connectivity index (χ1) is 8.58. The molecule has 1 saturated heterocycles. The van der Waals surface area contributed by atoms with E-state index in [4.69, 9.17) is 10.5 Å². The Morgan fingerprint density at radius 2 is 1.83 bits per heavy atom. The fourth-order valence-corrected chi connectivity index (χ4v) is 3.37. The van der Waals surface area contributed by atoms with Crippen LogP contribution in [0.15, 0.2) is 0 Å². The monoisotopic (exact) mass is 254 g/mol. The molecule has 1 heterocycles. The summed E-state index contributed by atoms with van der Waals surface area (Å²) in [5.41, 5.74) is 6.48. The molecule has 1 aliphatic carbocycles. The van der Waals surface area contributed by atoms with E-state index in [2.05, 4.69) is 25.7 Å². The summed E-state index contributed by atoms with van der Waals surface area (Å²) in [4.78, 5) is 2.50. The van der Waals surface area contributed by atoms with Crippen molar-refractivity contribution in [3.05, 3.63) is 0 Å². The SMILES string of the molecule is CC1CCC(C(N)C2CN(C(C)C)CCO2)CC1. The molecule has 3 nitrogen and oxygen atoms in total. The molecule has 2 unspecified atom stereocenters. The smallest absolute Gasteiger partial charge is 0.0855 e. The number of rotatable bonds is 3. The van der Waals surface area contributed by atoms with Crippen molar-refractivity contribution in [3.8, 4) is 0 Å². The summed E-state index contributed by atoms with van der Waals surface area (Å²) < 4.78 is 5.93. The van der Waals surface area contributed by atoms with Gasteiger partial charge in [0.1, 0.15) is 0 Å². The molecule has 18 heavy (non-hydrogen) atoms. The van der Waals surface area contributed by atoms with Gasteiger partial charge in [-0.25, -0.2) is 0 Å². The van der Waals surface area contributed by atoms with Gasteiger partial charge in [0.05, 0.1) is 12.7 Å². The highest BCUT2D eigenvalue weighted by Gasteiger charge is 2.33. The molecular weight excluding hydrogens is 224 g/mol. The van der Waals surface area contributed by atoms with Crippen molar-refractivity contribution in [2.24, 2.45) is 17.6 Å². The van der Waals surface area contributed by atoms with E-state index in [0.717, 1.165) is 25.6 Å². The van der Waals surface area contributed by atoms with Crippen LogP contribution in [0, 0.1) is 11.8 Å². The van der Waals surface area contributed by atoms with E-state index in [1.165, 1.54) is 25.7 Å². The van der Waals surface area contributed by atoms with Gasteiger partial charge in [0, 0.05) is 25.2 Å². The van der Waals surface area contributed by atoms with Crippen molar-refractivity contribution in [2.75, 3.05) is 19.7 Å². The predicted molar refractivity (Wildman–Crippen MR) is 75.5 cm³/mol. The lowest BCUT2D eigenvalue weighted by Gasteiger charge is -2.41. The third-order valence-electron chi connectivity index (χ3n) is 4.89. The molecule has 1 saturated carbocycles. The molecule has 0 aromatic carbocycles. The van der Waals surface area contributed by atoms with Crippen LogP contribution in [0.2, 0.25) is 0 Å². The maximum absolute atomic E-state index is 6.48. The number of nitrogens with two attached hydrogens (primary N) is 1. The number of hydrogen-bond donors (Lipinski definition) is 1. The Balaban J connectivity index is 1.86. The van der Waals surface area contributed by atoms with E-state index < -0.39 is 0 Å². The van der Waals surface area contributed by atoms with Crippen LogP contribution in [0.25, 0.3) is 0 Å². The molecule has 2 rings (SSSR count). The van der Waals surface area contributed by atoms with Crippen LogP contribution in [0.4, 0.5) is 0 Å². The second kappa shape index (κ2) is 6.36. The Hall–Kier alpha value is -0.120. The van der Waals surface area contributed by atoms with Crippen LogP contribution < -0.4 is 5.73 Å². The Morgan fingerprint density at radius 1 is 1.17 bits per heavy atom. The van der Waals surface area contributed by atoms with Gasteiger partial charge in [0.15, 0.2) is 0 Å². The molecule has 3 heteroatoms. The van der Waals surface area contributed by atoms with Crippen LogP contribution in [0.3, 0.4) is 0 Å². The van der Waals surface area contributed by atoms with Crippen molar-refractivity contribution in [3.63, 3.8) is 0 Å². The number of nitrogens with zero attached hydrogens (tertiary/aromatic N) is 1. The third kappa shape index (κ3) is 3.46. The van der Waals surface area contributed by atoms with Gasteiger partial charge in [-0.3, -0.25) is 4.90 Å². The molecule has 2 aliphatic rings. The first-order valence-electron chi connectivity index (χ1n) is 7.69. The Kier molecular flexibility index (Phi) is 5.05. The van der Waals surface area contributed by atoms with Crippen LogP contribution in [-0.2, 0) is 4.74 Å². The summed E-state index contributed by atoms with van der Waals surface area (Å²) in [6.45, 7) is 9.80. The Labute approximate surface area is 112 Å². The molecule has 2 atom stereocenters. The molecule has 106 valence electrons. The topological polar surface area (TPSA) is 38.5 Å². The molecule has 1 aliphatic heterocycles. The number of morpholine rings is 1. The Bertz CT molecular complexity index is 249. The van der Waals surface area contributed by atoms with Crippen LogP contribution in [-0.4, -0.2) is 42.8 Å². The average molecular weight is 254 g/mol. The van der Waals surface area contributed by atoms with E-state index >= 15 is 0 Å². The zero-order valence-electron chi connectivity index (χ0n) is 12.3. The zero-order chi connectivity index (χ0) is 13.1. The first-order valence-corrected chi connectivity index (χ1v) is 7.69. The van der Waals surface area contributed by atoms with Crippen molar-refractivity contribution >= 4 is 0 Å². The van der Waals surface area contributed by atoms with E-state index in [1.807, 2.05) is 0 Å². The molecule has 0 aromatic heterocycles. The van der Waals surface area contributed by atoms with Gasteiger partial charge in [-0.05, 0) is 38.5 Å². The van der Waals surface area contributed by atoms with Crippen molar-refractivity contribution in [1.82, 2.24) is 4.90 Å². The third-order valence-corrected chi connectivity index (χ3v) is 4.89. The maximum atomic E-state index is 6.48. The summed E-state index contributed by atoms with van der Waals surface area (Å²) in [5, 5.41) is 0. The van der Waals surface area contributed by atoms with Gasteiger partial charge < -0.3 is 10.5 Å². The fraction of sp³-hybridized carbons (Fsp3) is 1.00. The average Bonchev–Trinajstić information content (AvgIpc) is 2.39. The van der Waals surface area contributed by atoms with Gasteiger partial charge in [-0.2, -0.15) is 0 Å². The summed E-state index contributed by atoms with van der Waals surface area (Å²) in [6.07, 6.45) is 5.53. The highest BCUT2D eigenvalue weighted by atomic mass is 16.5. The zero-order valence-corrected chi connectivity index (χ0v) is 12.3. The van der Waals surface area contributed by atoms with Crippen LogP contribution in [0.1, 0.15) is 46.5 Å². The summed E-state index contributed by atoms with van der Waals surface area (Å²) >= 11 is 0. The highest BCUT2D eigenvalue weighted by Crippen LogP contribution is 2.31. The van der Waals surface area contributed by atoms with Crippen molar-refractivity contribution < 1.29 is 4.74 Å². The van der Waals surface area contributed by atoms with E-state index in [-0.39, 0.29) is 12.1 Å². The molecule has 2 fully saturated rings. The largest absolute Gasteiger partial charge is 0.374 e. The van der Waals surface area contributed by atoms with Crippen molar-refractivity contribution in [2.45, 2.75) is 64.6 Å². The minimum absolute atomic E-state index is 0.235. The van der Waals surface area contributed by atoms with Crippen LogP contribution in [0.5, 0.6) is 0 Å². The second-order valence-corrected chi connectivity index (χ2v) is 6.60. The van der Waals surface area contributed by atoms with Crippen LogP contribution >= 0.6 is 0 Å². The predicted octanol–water partition coefficient (Wildman–Crippen LogP) is 2.25. The molecule has 0 aromatic rings. The van der Waals surface area contributed by atoms with E-state index in [0.29, 0.717) is 12.0 Å². The van der Waals surface area contributed by atoms with Gasteiger partial charge in [0.25, 0.3) is 0 Å². The summed E-state index contributed by atoms with van der Waals surface area (Å²) in [5.74, 6) is 1.58. The minimum atomic E-state index is 0.235. The highest BCUT2D eigenvalue weighted by molar-refractivity contribution is 4.88. The lowest BCUT2D eigenvalue weighted by molar-refractivity contribution is -0.0610. The van der Waals surface area contributed by atoms with E-state index in [1.54, 1.807) is 0 Å². The molecule has 0 bridgehead atoms. The molecule has 0 radical (unpaired) electrons. The fourth-order valence-electron chi connectivity index (χ4n) is 3.37. The molecule has 2 N–H and O–H groups in total. The van der Waals surface area contributed by atoms with Gasteiger partial charge >= 0.3 is 0 Å². The summed E-state index contributed by atoms with van der Waals surface area (Å²) in [6, 6.07) is 0.842. The quantitative estimate of drug-likeness (QED) is 0.839. The van der Waals surface area contributed by atoms with Gasteiger partial charge in [-0.15, -0.1) is 0 Å². The van der Waals surface area contributed by atoms with Crippen molar-refractivity contribution in [1.29, 1.82) is 0 Å². The lowest BCUT2D eigenvalue weighted by atomic mass is 9.78. The molecule has 0 amide bonds. The lowest BCUT2D eigenvalue weighted by Crippen LogP contribution is -2.55. The second-order valence-electron chi connectivity index (χ2n) is 6.60. The minimum Gasteiger partial charge on any atom is -0.374 e. The first kappa shape index (κ1) is 14.3. The maximum Gasteiger partial charge on any atom is 0.0855 e. The number of ether oxygens (including phenoxy) is 1. The van der Waals surface area contributed by atoms with Gasteiger partial charge in [0.2, 0.25) is 0 Å². The standard InChI is InChI=1S/C15H30N2O/c1-11(2)17-8-9-18-14(10-17)15(16)13-6-4-12(3)5-7-13/h11-15H,4-10,16H2,1-3H3. The van der Waals surface area contributed by atoms with Gasteiger partial charge in [-0.1, -0.05) is 19.8 Å². The molecular formula is C15H30N2O. The summed E-state index contributed by atoms with van der Waals surface area (Å²) in [7, 11) is 0. The normalized spacial score (nSPS) is 36.8. The van der Waals surface area contributed by atoms with E-state index in [9.17, 15) is 0 Å².